The number of ether oxygens (including phenoxy) is 1. The maximum atomic E-state index is 6.25. The zero-order chi connectivity index (χ0) is 14.3. The van der Waals surface area contributed by atoms with Crippen molar-refractivity contribution in [1.82, 2.24) is 5.43 Å². The van der Waals surface area contributed by atoms with Gasteiger partial charge in [0.05, 0.1) is 11.2 Å². The second-order valence-corrected chi connectivity index (χ2v) is 7.99. The molecule has 0 aromatic carbocycles. The first-order valence-corrected chi connectivity index (χ1v) is 7.91. The first kappa shape index (κ1) is 15.3. The van der Waals surface area contributed by atoms with E-state index in [9.17, 15) is 0 Å². The minimum atomic E-state index is -0.0798. The monoisotopic (exact) mass is 268 g/mol. The van der Waals surface area contributed by atoms with E-state index in [0.717, 1.165) is 12.3 Å². The van der Waals surface area contributed by atoms with E-state index in [1.54, 1.807) is 0 Å². The van der Waals surface area contributed by atoms with Gasteiger partial charge in [-0.05, 0) is 58.8 Å². The van der Waals surface area contributed by atoms with Crippen LogP contribution in [0.4, 0.5) is 0 Å². The molecule has 2 aliphatic rings. The molecule has 0 radical (unpaired) electrons. The Morgan fingerprint density at radius 3 is 2.11 bits per heavy atom. The summed E-state index contributed by atoms with van der Waals surface area (Å²) in [5.74, 6) is 8.03. The van der Waals surface area contributed by atoms with Gasteiger partial charge >= 0.3 is 0 Å². The van der Waals surface area contributed by atoms with Gasteiger partial charge in [0.15, 0.2) is 0 Å². The van der Waals surface area contributed by atoms with Crippen LogP contribution in [-0.4, -0.2) is 17.2 Å². The van der Waals surface area contributed by atoms with E-state index in [2.05, 4.69) is 40.0 Å². The van der Waals surface area contributed by atoms with E-state index in [0.29, 0.717) is 17.9 Å². The van der Waals surface area contributed by atoms with Gasteiger partial charge in [-0.1, -0.05) is 19.8 Å². The number of nitrogens with two attached hydrogens (primary N) is 1. The highest BCUT2D eigenvalue weighted by Crippen LogP contribution is 2.46. The van der Waals surface area contributed by atoms with Crippen molar-refractivity contribution in [3.63, 3.8) is 0 Å². The lowest BCUT2D eigenvalue weighted by Gasteiger charge is -2.39. The first-order valence-electron chi connectivity index (χ1n) is 7.91. The van der Waals surface area contributed by atoms with E-state index in [1.807, 2.05) is 0 Å². The summed E-state index contributed by atoms with van der Waals surface area (Å²) in [6.07, 6.45) is 6.41. The largest absolute Gasteiger partial charge is 0.369 e. The lowest BCUT2D eigenvalue weighted by atomic mass is 9.71. The van der Waals surface area contributed by atoms with Gasteiger partial charge in [0, 0.05) is 12.0 Å². The lowest BCUT2D eigenvalue weighted by Crippen LogP contribution is -2.51. The molecule has 3 heteroatoms. The Bertz CT molecular complexity index is 306. The highest BCUT2D eigenvalue weighted by Gasteiger charge is 2.50. The number of nitrogens with one attached hydrogen (secondary N) is 1. The van der Waals surface area contributed by atoms with Crippen LogP contribution in [0.2, 0.25) is 0 Å². The quantitative estimate of drug-likeness (QED) is 0.610. The zero-order valence-electron chi connectivity index (χ0n) is 13.3. The van der Waals surface area contributed by atoms with Crippen LogP contribution < -0.4 is 11.3 Å². The summed E-state index contributed by atoms with van der Waals surface area (Å²) in [5.41, 5.74) is 3.04. The maximum Gasteiger partial charge on any atom is 0.0678 e. The van der Waals surface area contributed by atoms with Crippen molar-refractivity contribution in [3.05, 3.63) is 0 Å². The fraction of sp³-hybridized carbons (Fsp3) is 1.00. The molecular formula is C16H32N2O. The average Bonchev–Trinajstić information content (AvgIpc) is 2.51. The number of hydrazine groups is 1. The van der Waals surface area contributed by atoms with E-state index >= 15 is 0 Å². The summed E-state index contributed by atoms with van der Waals surface area (Å²) in [7, 11) is 0. The molecule has 2 rings (SSSR count). The van der Waals surface area contributed by atoms with Crippen molar-refractivity contribution in [2.45, 2.75) is 84.0 Å². The third-order valence-electron chi connectivity index (χ3n) is 5.34. The Labute approximate surface area is 118 Å². The van der Waals surface area contributed by atoms with Crippen LogP contribution in [0.25, 0.3) is 0 Å². The van der Waals surface area contributed by atoms with Gasteiger partial charge in [0.1, 0.15) is 0 Å². The minimum absolute atomic E-state index is 0.0226. The summed E-state index contributed by atoms with van der Waals surface area (Å²) < 4.78 is 6.25. The third-order valence-corrected chi connectivity index (χ3v) is 5.34. The molecule has 1 aliphatic heterocycles. The summed E-state index contributed by atoms with van der Waals surface area (Å²) in [4.78, 5) is 0. The fourth-order valence-corrected chi connectivity index (χ4v) is 4.39. The average molecular weight is 268 g/mol. The molecule has 0 bridgehead atoms. The second kappa shape index (κ2) is 5.34. The molecule has 0 amide bonds. The predicted octanol–water partition coefficient (Wildman–Crippen LogP) is 3.24. The molecule has 0 aromatic heterocycles. The second-order valence-electron chi connectivity index (χ2n) is 7.99. The van der Waals surface area contributed by atoms with Gasteiger partial charge in [0.25, 0.3) is 0 Å². The maximum absolute atomic E-state index is 6.25. The van der Waals surface area contributed by atoms with Crippen LogP contribution in [0.1, 0.15) is 66.7 Å². The zero-order valence-corrected chi connectivity index (χ0v) is 13.3. The van der Waals surface area contributed by atoms with Gasteiger partial charge in [-0.2, -0.15) is 0 Å². The van der Waals surface area contributed by atoms with Crippen LogP contribution in [0.5, 0.6) is 0 Å². The Hall–Kier alpha value is -0.120. The molecule has 1 heterocycles. The molecular weight excluding hydrogens is 236 g/mol. The molecule has 3 nitrogen and oxygen atoms in total. The van der Waals surface area contributed by atoms with Crippen molar-refractivity contribution in [2.24, 2.45) is 23.6 Å². The highest BCUT2D eigenvalue weighted by molar-refractivity contribution is 5.01. The molecule has 112 valence electrons. The first-order chi connectivity index (χ1) is 8.75. The Kier molecular flexibility index (Phi) is 4.29. The van der Waals surface area contributed by atoms with Crippen molar-refractivity contribution in [2.75, 3.05) is 0 Å². The molecule has 1 aliphatic carbocycles. The van der Waals surface area contributed by atoms with E-state index in [1.165, 1.54) is 25.7 Å². The highest BCUT2D eigenvalue weighted by atomic mass is 16.5. The topological polar surface area (TPSA) is 47.3 Å². The van der Waals surface area contributed by atoms with Crippen molar-refractivity contribution in [3.8, 4) is 0 Å². The fourth-order valence-electron chi connectivity index (χ4n) is 4.39. The SMILES string of the molecule is CC1CCC(C(NN)C2CC(C)(C)OC2(C)C)CC1. The molecule has 2 unspecified atom stereocenters. The summed E-state index contributed by atoms with van der Waals surface area (Å²) in [5, 5.41) is 0. The molecule has 2 fully saturated rings. The van der Waals surface area contributed by atoms with Gasteiger partial charge in [0.2, 0.25) is 0 Å². The number of hydrogen-bond donors (Lipinski definition) is 2. The van der Waals surface area contributed by atoms with Crippen LogP contribution in [0, 0.1) is 17.8 Å². The van der Waals surface area contributed by atoms with Gasteiger partial charge < -0.3 is 4.74 Å². The predicted molar refractivity (Wildman–Crippen MR) is 79.6 cm³/mol. The van der Waals surface area contributed by atoms with E-state index < -0.39 is 0 Å². The Morgan fingerprint density at radius 2 is 1.68 bits per heavy atom. The number of rotatable bonds is 3. The lowest BCUT2D eigenvalue weighted by molar-refractivity contribution is -0.0804. The summed E-state index contributed by atoms with van der Waals surface area (Å²) in [6.45, 7) is 11.2. The molecule has 1 saturated heterocycles. The number of hydrogen-bond acceptors (Lipinski definition) is 3. The molecule has 3 N–H and O–H groups in total. The third kappa shape index (κ3) is 3.32. The van der Waals surface area contributed by atoms with Gasteiger partial charge in [-0.3, -0.25) is 11.3 Å². The smallest absolute Gasteiger partial charge is 0.0678 e. The van der Waals surface area contributed by atoms with Crippen molar-refractivity contribution < 1.29 is 4.74 Å². The van der Waals surface area contributed by atoms with Crippen LogP contribution in [0.15, 0.2) is 0 Å². The van der Waals surface area contributed by atoms with Crippen LogP contribution in [-0.2, 0) is 4.74 Å². The standard InChI is InChI=1S/C16H32N2O/c1-11-6-8-12(9-7-11)14(18-17)13-10-15(2,3)19-16(13,4)5/h11-14,18H,6-10,17H2,1-5H3. The van der Waals surface area contributed by atoms with Gasteiger partial charge in [-0.25, -0.2) is 0 Å². The van der Waals surface area contributed by atoms with Crippen LogP contribution >= 0.6 is 0 Å². The minimum Gasteiger partial charge on any atom is -0.369 e. The molecule has 1 saturated carbocycles. The summed E-state index contributed by atoms with van der Waals surface area (Å²) in [6, 6.07) is 0.393. The Balaban J connectivity index is 2.09. The van der Waals surface area contributed by atoms with Crippen molar-refractivity contribution in [1.29, 1.82) is 0 Å². The van der Waals surface area contributed by atoms with Gasteiger partial charge in [-0.15, -0.1) is 0 Å². The summed E-state index contributed by atoms with van der Waals surface area (Å²) >= 11 is 0. The van der Waals surface area contributed by atoms with Crippen LogP contribution in [0.3, 0.4) is 0 Å². The molecule has 2 atom stereocenters. The normalized spacial score (nSPS) is 39.2. The van der Waals surface area contributed by atoms with Crippen molar-refractivity contribution >= 4 is 0 Å². The molecule has 19 heavy (non-hydrogen) atoms. The Morgan fingerprint density at radius 1 is 1.11 bits per heavy atom. The molecule has 0 spiro atoms. The van der Waals surface area contributed by atoms with E-state index in [4.69, 9.17) is 10.6 Å². The molecule has 0 aromatic rings. The van der Waals surface area contributed by atoms with E-state index in [-0.39, 0.29) is 11.2 Å².